The van der Waals surface area contributed by atoms with Crippen LogP contribution in [0, 0.1) is 11.2 Å². The third kappa shape index (κ3) is 3.27. The number of nitrogens with two attached hydrogens (primary N) is 1. The van der Waals surface area contributed by atoms with Gasteiger partial charge in [-0.25, -0.2) is 8.78 Å². The molecule has 0 spiro atoms. The topological polar surface area (TPSA) is 66.0 Å². The van der Waals surface area contributed by atoms with Gasteiger partial charge in [0.1, 0.15) is 11.5 Å². The van der Waals surface area contributed by atoms with Gasteiger partial charge < -0.3 is 11.1 Å². The molecule has 1 fully saturated rings. The molecule has 2 heterocycles. The number of aromatic nitrogens is 1. The highest BCUT2D eigenvalue weighted by molar-refractivity contribution is 9.10. The van der Waals surface area contributed by atoms with Crippen LogP contribution in [0.3, 0.4) is 0 Å². The standard InChI is InChI=1S/C20H21BrF2N4/c1-11-6-14-13(2-3-17(25)15(14)8-24)19(27(11)10-20(23)4-5-20)18-16(22)7-12(21)9-26-18/h2-3,7-9,11,19,24H,4-6,10,25H2,1H3/t11-,19+/m1/s1. The van der Waals surface area contributed by atoms with Crippen molar-refractivity contribution in [2.75, 3.05) is 12.3 Å². The predicted molar refractivity (Wildman–Crippen MR) is 105 cm³/mol. The van der Waals surface area contributed by atoms with Crippen LogP contribution in [0.4, 0.5) is 14.5 Å². The van der Waals surface area contributed by atoms with E-state index in [-0.39, 0.29) is 18.3 Å². The minimum atomic E-state index is -1.20. The van der Waals surface area contributed by atoms with E-state index >= 15 is 0 Å². The highest BCUT2D eigenvalue weighted by atomic mass is 79.9. The van der Waals surface area contributed by atoms with E-state index in [2.05, 4.69) is 20.9 Å². The Bertz CT molecular complexity index is 913. The fourth-order valence-electron chi connectivity index (χ4n) is 4.00. The first-order valence-corrected chi connectivity index (χ1v) is 9.79. The zero-order chi connectivity index (χ0) is 19.3. The molecule has 1 aromatic carbocycles. The summed E-state index contributed by atoms with van der Waals surface area (Å²) in [6.45, 7) is 2.26. The molecule has 4 rings (SSSR count). The maximum Gasteiger partial charge on any atom is 0.147 e. The number of nitrogens with one attached hydrogen (secondary N) is 1. The molecule has 0 unspecified atom stereocenters. The van der Waals surface area contributed by atoms with Crippen LogP contribution < -0.4 is 5.73 Å². The Labute approximate surface area is 165 Å². The lowest BCUT2D eigenvalue weighted by Crippen LogP contribution is -2.47. The third-order valence-corrected chi connectivity index (χ3v) is 6.05. The van der Waals surface area contributed by atoms with Crippen molar-refractivity contribution in [3.8, 4) is 0 Å². The summed E-state index contributed by atoms with van der Waals surface area (Å²) < 4.78 is 30.1. The summed E-state index contributed by atoms with van der Waals surface area (Å²) in [5.41, 5.74) is 8.08. The number of anilines is 1. The number of benzene rings is 1. The summed E-state index contributed by atoms with van der Waals surface area (Å²) in [5.74, 6) is -0.434. The largest absolute Gasteiger partial charge is 0.398 e. The number of nitrogen functional groups attached to an aromatic ring is 1. The molecule has 7 heteroatoms. The first kappa shape index (κ1) is 18.5. The van der Waals surface area contributed by atoms with Crippen LogP contribution in [-0.2, 0) is 6.42 Å². The Morgan fingerprint density at radius 2 is 2.19 bits per heavy atom. The molecular weight excluding hydrogens is 414 g/mol. The first-order valence-electron chi connectivity index (χ1n) is 9.00. The predicted octanol–water partition coefficient (Wildman–Crippen LogP) is 4.40. The van der Waals surface area contributed by atoms with Gasteiger partial charge in [0.15, 0.2) is 0 Å². The molecule has 1 saturated carbocycles. The second kappa shape index (κ2) is 6.63. The quantitative estimate of drug-likeness (QED) is 0.553. The van der Waals surface area contributed by atoms with E-state index in [9.17, 15) is 8.78 Å². The molecule has 0 radical (unpaired) electrons. The number of alkyl halides is 1. The number of halogens is 3. The number of pyridine rings is 1. The maximum absolute atomic E-state index is 14.9. The molecule has 2 aliphatic rings. The second-order valence-electron chi connectivity index (χ2n) is 7.58. The highest BCUT2D eigenvalue weighted by Gasteiger charge is 2.48. The molecule has 1 aromatic heterocycles. The molecule has 27 heavy (non-hydrogen) atoms. The van der Waals surface area contributed by atoms with Crippen molar-refractivity contribution in [2.24, 2.45) is 0 Å². The van der Waals surface area contributed by atoms with Gasteiger partial charge in [0.25, 0.3) is 0 Å². The lowest BCUT2D eigenvalue weighted by molar-refractivity contribution is 0.0946. The van der Waals surface area contributed by atoms with Gasteiger partial charge in [0.2, 0.25) is 0 Å². The van der Waals surface area contributed by atoms with Crippen LogP contribution in [-0.4, -0.2) is 34.4 Å². The van der Waals surface area contributed by atoms with Crippen molar-refractivity contribution in [1.29, 1.82) is 5.41 Å². The smallest absolute Gasteiger partial charge is 0.147 e. The van der Waals surface area contributed by atoms with E-state index in [0.29, 0.717) is 35.0 Å². The normalized spacial score (nSPS) is 23.7. The Morgan fingerprint density at radius 3 is 2.81 bits per heavy atom. The van der Waals surface area contributed by atoms with E-state index in [0.717, 1.165) is 11.1 Å². The second-order valence-corrected chi connectivity index (χ2v) is 8.50. The first-order chi connectivity index (χ1) is 12.8. The number of fused-ring (bicyclic) bond motifs is 1. The van der Waals surface area contributed by atoms with E-state index < -0.39 is 17.5 Å². The summed E-state index contributed by atoms with van der Waals surface area (Å²) in [7, 11) is 0. The van der Waals surface area contributed by atoms with E-state index in [1.54, 1.807) is 12.3 Å². The van der Waals surface area contributed by atoms with Crippen LogP contribution >= 0.6 is 15.9 Å². The van der Waals surface area contributed by atoms with Crippen molar-refractivity contribution in [3.05, 3.63) is 57.1 Å². The number of hydrogen-bond acceptors (Lipinski definition) is 4. The monoisotopic (exact) mass is 434 g/mol. The van der Waals surface area contributed by atoms with Crippen molar-refractivity contribution < 1.29 is 8.78 Å². The van der Waals surface area contributed by atoms with Gasteiger partial charge in [-0.15, -0.1) is 0 Å². The molecular formula is C20H21BrF2N4. The molecule has 3 N–H and O–H groups in total. The summed E-state index contributed by atoms with van der Waals surface area (Å²) in [4.78, 5) is 6.35. The molecule has 2 atom stereocenters. The molecule has 4 nitrogen and oxygen atoms in total. The minimum absolute atomic E-state index is 0.0268. The van der Waals surface area contributed by atoms with Crippen LogP contribution in [0.5, 0.6) is 0 Å². The Balaban J connectivity index is 1.90. The van der Waals surface area contributed by atoms with Crippen LogP contribution in [0.15, 0.2) is 28.9 Å². The minimum Gasteiger partial charge on any atom is -0.398 e. The van der Waals surface area contributed by atoms with Crippen LogP contribution in [0.1, 0.15) is 48.2 Å². The lowest BCUT2D eigenvalue weighted by atomic mass is 9.83. The molecule has 0 saturated heterocycles. The van der Waals surface area contributed by atoms with Crippen LogP contribution in [0.2, 0.25) is 0 Å². The van der Waals surface area contributed by atoms with E-state index in [4.69, 9.17) is 11.1 Å². The van der Waals surface area contributed by atoms with Gasteiger partial charge >= 0.3 is 0 Å². The maximum atomic E-state index is 14.9. The fraction of sp³-hybridized carbons (Fsp3) is 0.400. The van der Waals surface area contributed by atoms with Gasteiger partial charge in [-0.05, 0) is 65.4 Å². The third-order valence-electron chi connectivity index (χ3n) is 5.62. The van der Waals surface area contributed by atoms with Gasteiger partial charge in [0.05, 0.1) is 11.7 Å². The zero-order valence-corrected chi connectivity index (χ0v) is 16.6. The highest BCUT2D eigenvalue weighted by Crippen LogP contribution is 2.46. The molecule has 1 aliphatic heterocycles. The van der Waals surface area contributed by atoms with Gasteiger partial charge in [0, 0.05) is 40.7 Å². The number of nitrogens with zero attached hydrogens (tertiary/aromatic N) is 2. The van der Waals surface area contributed by atoms with Gasteiger partial charge in [-0.3, -0.25) is 9.88 Å². The summed E-state index contributed by atoms with van der Waals surface area (Å²) >= 11 is 3.25. The molecule has 1 aliphatic carbocycles. The Morgan fingerprint density at radius 1 is 1.44 bits per heavy atom. The average molecular weight is 435 g/mol. The number of hydrogen-bond donors (Lipinski definition) is 2. The van der Waals surface area contributed by atoms with E-state index in [1.165, 1.54) is 12.3 Å². The summed E-state index contributed by atoms with van der Waals surface area (Å²) in [6, 6.07) is 4.45. The average Bonchev–Trinajstić information content (AvgIpc) is 3.34. The Kier molecular flexibility index (Phi) is 4.55. The fourth-order valence-corrected chi connectivity index (χ4v) is 4.30. The number of rotatable bonds is 4. The SMILES string of the molecule is C[C@@H]1Cc2c(ccc(N)c2C=N)[C@@H](c2ncc(Br)cc2F)N1CC1(F)CC1. The lowest BCUT2D eigenvalue weighted by Gasteiger charge is -2.43. The molecule has 2 aromatic rings. The Hall–Kier alpha value is -1.86. The summed E-state index contributed by atoms with van der Waals surface area (Å²) in [5, 5.41) is 7.76. The van der Waals surface area contributed by atoms with Crippen molar-refractivity contribution in [3.63, 3.8) is 0 Å². The van der Waals surface area contributed by atoms with Gasteiger partial charge in [-0.1, -0.05) is 6.07 Å². The van der Waals surface area contributed by atoms with Crippen molar-refractivity contribution >= 4 is 27.8 Å². The molecule has 0 bridgehead atoms. The van der Waals surface area contributed by atoms with Crippen LogP contribution in [0.25, 0.3) is 0 Å². The zero-order valence-electron chi connectivity index (χ0n) is 15.0. The van der Waals surface area contributed by atoms with Crippen molar-refractivity contribution in [1.82, 2.24) is 9.88 Å². The van der Waals surface area contributed by atoms with Crippen molar-refractivity contribution in [2.45, 2.75) is 43.9 Å². The summed E-state index contributed by atoms with van der Waals surface area (Å²) in [6.07, 6.45) is 4.53. The molecule has 142 valence electrons. The molecule has 0 amide bonds. The van der Waals surface area contributed by atoms with Gasteiger partial charge in [-0.2, -0.15) is 0 Å². The van der Waals surface area contributed by atoms with E-state index in [1.807, 2.05) is 17.9 Å².